The SMILES string of the molecule is O=S(=O)(Nc1cccc(Cl)c1)N1Cc2[nH]c3ccc(Cl)cc3c2C(CO)C1. The lowest BCUT2D eigenvalue weighted by atomic mass is 9.94. The number of aromatic nitrogens is 1. The van der Waals surface area contributed by atoms with E-state index in [0.717, 1.165) is 22.2 Å². The van der Waals surface area contributed by atoms with E-state index in [-0.39, 0.29) is 25.6 Å². The van der Waals surface area contributed by atoms with Gasteiger partial charge in [-0.25, -0.2) is 0 Å². The fourth-order valence-corrected chi connectivity index (χ4v) is 5.10. The Hall–Kier alpha value is -1.77. The van der Waals surface area contributed by atoms with Crippen molar-refractivity contribution in [1.29, 1.82) is 0 Å². The minimum absolute atomic E-state index is 0.166. The third-order valence-electron chi connectivity index (χ3n) is 4.68. The zero-order valence-electron chi connectivity index (χ0n) is 14.1. The Bertz CT molecular complexity index is 1110. The van der Waals surface area contributed by atoms with E-state index >= 15 is 0 Å². The number of rotatable bonds is 4. The first kappa shape index (κ1) is 18.6. The molecule has 0 bridgehead atoms. The number of fused-ring (bicyclic) bond motifs is 3. The van der Waals surface area contributed by atoms with Gasteiger partial charge in [-0.1, -0.05) is 29.3 Å². The highest BCUT2D eigenvalue weighted by Crippen LogP contribution is 2.36. The largest absolute Gasteiger partial charge is 0.396 e. The highest BCUT2D eigenvalue weighted by atomic mass is 35.5. The molecule has 9 heteroatoms. The molecule has 0 saturated carbocycles. The van der Waals surface area contributed by atoms with Crippen LogP contribution in [0.25, 0.3) is 10.9 Å². The van der Waals surface area contributed by atoms with Gasteiger partial charge in [-0.2, -0.15) is 12.7 Å². The Morgan fingerprint density at radius 3 is 2.70 bits per heavy atom. The smallest absolute Gasteiger partial charge is 0.302 e. The summed E-state index contributed by atoms with van der Waals surface area (Å²) in [6.07, 6.45) is 0. The minimum atomic E-state index is -3.82. The predicted octanol–water partition coefficient (Wildman–Crippen LogP) is 3.72. The van der Waals surface area contributed by atoms with Crippen molar-refractivity contribution >= 4 is 50.0 Å². The van der Waals surface area contributed by atoms with Crippen LogP contribution in [0.1, 0.15) is 17.2 Å². The van der Waals surface area contributed by atoms with E-state index in [0.29, 0.717) is 15.7 Å². The number of H-pyrrole nitrogens is 1. The average molecular weight is 426 g/mol. The Morgan fingerprint density at radius 1 is 1.19 bits per heavy atom. The summed E-state index contributed by atoms with van der Waals surface area (Å²) in [6.45, 7) is 0.169. The third kappa shape index (κ3) is 3.53. The topological polar surface area (TPSA) is 85.4 Å². The van der Waals surface area contributed by atoms with Gasteiger partial charge >= 0.3 is 10.2 Å². The van der Waals surface area contributed by atoms with Crippen LogP contribution in [0.2, 0.25) is 10.0 Å². The third-order valence-corrected chi connectivity index (χ3v) is 6.60. The molecule has 0 spiro atoms. The van der Waals surface area contributed by atoms with E-state index < -0.39 is 10.2 Å². The molecule has 0 aliphatic carbocycles. The summed E-state index contributed by atoms with van der Waals surface area (Å²) in [7, 11) is -3.82. The summed E-state index contributed by atoms with van der Waals surface area (Å²) < 4.78 is 29.6. The van der Waals surface area contributed by atoms with Crippen LogP contribution in [0.5, 0.6) is 0 Å². The van der Waals surface area contributed by atoms with Gasteiger partial charge in [0.2, 0.25) is 0 Å². The first-order valence-corrected chi connectivity index (χ1v) is 10.5. The van der Waals surface area contributed by atoms with E-state index in [2.05, 4.69) is 9.71 Å². The number of hydrogen-bond acceptors (Lipinski definition) is 3. The van der Waals surface area contributed by atoms with Crippen molar-refractivity contribution in [1.82, 2.24) is 9.29 Å². The molecule has 1 aliphatic rings. The fourth-order valence-electron chi connectivity index (χ4n) is 3.51. The van der Waals surface area contributed by atoms with Gasteiger partial charge in [0.05, 0.1) is 18.8 Å². The van der Waals surface area contributed by atoms with Crippen molar-refractivity contribution in [3.8, 4) is 0 Å². The summed E-state index contributed by atoms with van der Waals surface area (Å²) in [4.78, 5) is 3.26. The zero-order valence-corrected chi connectivity index (χ0v) is 16.4. The maximum absolute atomic E-state index is 12.9. The molecule has 0 saturated heterocycles. The molecule has 4 rings (SSSR count). The molecule has 0 fully saturated rings. The number of anilines is 1. The van der Waals surface area contributed by atoms with Crippen molar-refractivity contribution in [3.05, 3.63) is 63.8 Å². The molecule has 142 valence electrons. The first-order chi connectivity index (χ1) is 12.9. The number of halogens is 2. The summed E-state index contributed by atoms with van der Waals surface area (Å²) in [5.74, 6) is -0.350. The lowest BCUT2D eigenvalue weighted by molar-refractivity contribution is 0.230. The number of aliphatic hydroxyl groups excluding tert-OH is 1. The number of aromatic amines is 1. The summed E-state index contributed by atoms with van der Waals surface area (Å²) in [5, 5.41) is 11.8. The molecule has 27 heavy (non-hydrogen) atoms. The molecule has 3 N–H and O–H groups in total. The van der Waals surface area contributed by atoms with Crippen molar-refractivity contribution < 1.29 is 13.5 Å². The Morgan fingerprint density at radius 2 is 1.96 bits per heavy atom. The van der Waals surface area contributed by atoms with Crippen LogP contribution in [-0.2, 0) is 16.8 Å². The van der Waals surface area contributed by atoms with Gasteiger partial charge < -0.3 is 10.1 Å². The number of nitrogens with one attached hydrogen (secondary N) is 2. The van der Waals surface area contributed by atoms with E-state index in [1.54, 1.807) is 30.3 Å². The van der Waals surface area contributed by atoms with Crippen LogP contribution in [0.3, 0.4) is 0 Å². The lowest BCUT2D eigenvalue weighted by Gasteiger charge is -2.31. The summed E-state index contributed by atoms with van der Waals surface area (Å²) in [5.41, 5.74) is 2.93. The predicted molar refractivity (Wildman–Crippen MR) is 108 cm³/mol. The van der Waals surface area contributed by atoms with Crippen molar-refractivity contribution in [2.75, 3.05) is 17.9 Å². The second kappa shape index (κ2) is 7.00. The maximum Gasteiger partial charge on any atom is 0.302 e. The standard InChI is InChI=1S/C18H17Cl2N3O3S/c19-12-2-1-3-14(6-12)22-27(25,26)23-8-11(10-24)18-15-7-13(20)4-5-16(15)21-17(18)9-23/h1-7,11,21-22,24H,8-10H2. The molecule has 3 aromatic rings. The molecule has 2 heterocycles. The van der Waals surface area contributed by atoms with E-state index in [9.17, 15) is 13.5 Å². The second-order valence-corrected chi connectivity index (χ2v) is 9.04. The molecule has 6 nitrogen and oxygen atoms in total. The van der Waals surface area contributed by atoms with Crippen LogP contribution in [0.15, 0.2) is 42.5 Å². The highest BCUT2D eigenvalue weighted by Gasteiger charge is 2.34. The Balaban J connectivity index is 1.69. The van der Waals surface area contributed by atoms with Crippen molar-refractivity contribution in [2.45, 2.75) is 12.5 Å². The average Bonchev–Trinajstić information content (AvgIpc) is 2.98. The quantitative estimate of drug-likeness (QED) is 0.595. The van der Waals surface area contributed by atoms with Gasteiger partial charge in [0, 0.05) is 39.1 Å². The summed E-state index contributed by atoms with van der Waals surface area (Å²) >= 11 is 12.0. The van der Waals surface area contributed by atoms with Crippen molar-refractivity contribution in [2.24, 2.45) is 0 Å². The van der Waals surface area contributed by atoms with Gasteiger partial charge in [-0.3, -0.25) is 4.72 Å². The Kier molecular flexibility index (Phi) is 4.82. The first-order valence-electron chi connectivity index (χ1n) is 8.31. The van der Waals surface area contributed by atoms with E-state index in [1.807, 2.05) is 12.1 Å². The van der Waals surface area contributed by atoms with E-state index in [4.69, 9.17) is 23.2 Å². The van der Waals surface area contributed by atoms with Crippen LogP contribution in [0, 0.1) is 0 Å². The van der Waals surface area contributed by atoms with Gasteiger partial charge in [-0.05, 0) is 42.0 Å². The minimum Gasteiger partial charge on any atom is -0.396 e. The number of benzene rings is 2. The normalized spacial score (nSPS) is 17.8. The van der Waals surface area contributed by atoms with Gasteiger partial charge in [0.1, 0.15) is 0 Å². The molecule has 1 atom stereocenters. The zero-order chi connectivity index (χ0) is 19.2. The molecule has 2 aromatic carbocycles. The molecular formula is C18H17Cl2N3O3S. The highest BCUT2D eigenvalue weighted by molar-refractivity contribution is 7.90. The Labute approximate surface area is 166 Å². The van der Waals surface area contributed by atoms with Gasteiger partial charge in [-0.15, -0.1) is 0 Å². The lowest BCUT2D eigenvalue weighted by Crippen LogP contribution is -2.42. The number of hydrogen-bond donors (Lipinski definition) is 3. The fraction of sp³-hybridized carbons (Fsp3) is 0.222. The number of nitrogens with zero attached hydrogens (tertiary/aromatic N) is 1. The van der Waals surface area contributed by atoms with Crippen LogP contribution in [0.4, 0.5) is 5.69 Å². The van der Waals surface area contributed by atoms with Crippen LogP contribution >= 0.6 is 23.2 Å². The van der Waals surface area contributed by atoms with E-state index in [1.165, 1.54) is 4.31 Å². The molecule has 0 amide bonds. The van der Waals surface area contributed by atoms with Gasteiger partial charge in [0.25, 0.3) is 0 Å². The molecule has 0 radical (unpaired) electrons. The van der Waals surface area contributed by atoms with Crippen LogP contribution < -0.4 is 4.72 Å². The summed E-state index contributed by atoms with van der Waals surface area (Å²) in [6, 6.07) is 12.0. The van der Waals surface area contributed by atoms with Gasteiger partial charge in [0.15, 0.2) is 0 Å². The molecule has 1 unspecified atom stereocenters. The molecule has 1 aliphatic heterocycles. The second-order valence-electron chi connectivity index (χ2n) is 6.50. The monoisotopic (exact) mass is 425 g/mol. The number of aliphatic hydroxyl groups is 1. The molecular weight excluding hydrogens is 409 g/mol. The maximum atomic E-state index is 12.9. The van der Waals surface area contributed by atoms with Crippen LogP contribution in [-0.4, -0.2) is 36.0 Å². The molecule has 1 aromatic heterocycles. The van der Waals surface area contributed by atoms with Crippen molar-refractivity contribution in [3.63, 3.8) is 0 Å².